The molecule has 0 aliphatic carbocycles. The fraction of sp³-hybridized carbons (Fsp3) is 0.409. The van der Waals surface area contributed by atoms with E-state index in [9.17, 15) is 13.6 Å². The average Bonchev–Trinajstić information content (AvgIpc) is 2.68. The van der Waals surface area contributed by atoms with Gasteiger partial charge in [-0.25, -0.2) is 8.78 Å². The first-order valence-corrected chi connectivity index (χ1v) is 9.60. The van der Waals surface area contributed by atoms with Crippen LogP contribution in [0.2, 0.25) is 0 Å². The number of aryl methyl sites for hydroxylation is 1. The molecule has 1 atom stereocenters. The molecule has 1 aliphatic heterocycles. The maximum absolute atomic E-state index is 13.2. The van der Waals surface area contributed by atoms with Crippen LogP contribution in [0, 0.1) is 11.6 Å². The van der Waals surface area contributed by atoms with Gasteiger partial charge in [0.25, 0.3) is 0 Å². The predicted molar refractivity (Wildman–Crippen MR) is 102 cm³/mol. The summed E-state index contributed by atoms with van der Waals surface area (Å²) in [7, 11) is 0. The van der Waals surface area contributed by atoms with E-state index in [1.807, 2.05) is 6.07 Å². The largest absolute Gasteiger partial charge is 0.352 e. The summed E-state index contributed by atoms with van der Waals surface area (Å²) in [6.45, 7) is 2.92. The topological polar surface area (TPSA) is 32.3 Å². The van der Waals surface area contributed by atoms with Crippen LogP contribution in [0.15, 0.2) is 48.5 Å². The maximum Gasteiger partial charge on any atom is 0.220 e. The van der Waals surface area contributed by atoms with Crippen molar-refractivity contribution in [2.24, 2.45) is 0 Å². The number of carbonyl (C=O) groups excluding carboxylic acids is 1. The van der Waals surface area contributed by atoms with E-state index in [1.54, 1.807) is 0 Å². The fourth-order valence-corrected chi connectivity index (χ4v) is 3.56. The Bertz CT molecular complexity index is 751. The molecule has 144 valence electrons. The zero-order chi connectivity index (χ0) is 19.1. The minimum absolute atomic E-state index is 0.0327. The first-order chi connectivity index (χ1) is 13.1. The number of likely N-dealkylation sites (tertiary alicyclic amines) is 1. The second kappa shape index (κ2) is 9.60. The van der Waals surface area contributed by atoms with Crippen molar-refractivity contribution < 1.29 is 13.6 Å². The minimum Gasteiger partial charge on any atom is -0.352 e. The molecule has 1 heterocycles. The van der Waals surface area contributed by atoms with Crippen LogP contribution in [0.5, 0.6) is 0 Å². The van der Waals surface area contributed by atoms with Crippen molar-refractivity contribution in [3.05, 3.63) is 71.3 Å². The molecule has 2 aromatic rings. The molecule has 2 aromatic carbocycles. The molecule has 0 radical (unpaired) electrons. The zero-order valence-electron chi connectivity index (χ0n) is 15.5. The Morgan fingerprint density at radius 2 is 1.85 bits per heavy atom. The van der Waals surface area contributed by atoms with E-state index in [4.69, 9.17) is 0 Å². The van der Waals surface area contributed by atoms with Gasteiger partial charge < -0.3 is 10.2 Å². The van der Waals surface area contributed by atoms with Crippen molar-refractivity contribution in [2.45, 2.75) is 38.1 Å². The summed E-state index contributed by atoms with van der Waals surface area (Å²) in [6.07, 6.45) is 3.76. The molecule has 3 nitrogen and oxygen atoms in total. The van der Waals surface area contributed by atoms with Gasteiger partial charge in [-0.05, 0) is 55.5 Å². The number of hydrogen-bond acceptors (Lipinski definition) is 2. The van der Waals surface area contributed by atoms with Crippen molar-refractivity contribution in [1.82, 2.24) is 10.2 Å². The molecular formula is C22H26F2N2O. The third kappa shape index (κ3) is 6.14. The van der Waals surface area contributed by atoms with Gasteiger partial charge in [-0.3, -0.25) is 4.79 Å². The van der Waals surface area contributed by atoms with E-state index < -0.39 is 11.6 Å². The van der Waals surface area contributed by atoms with Gasteiger partial charge in [-0.15, -0.1) is 0 Å². The van der Waals surface area contributed by atoms with Gasteiger partial charge in [0.15, 0.2) is 11.6 Å². The van der Waals surface area contributed by atoms with Gasteiger partial charge in [0.2, 0.25) is 5.91 Å². The third-order valence-corrected chi connectivity index (χ3v) is 5.05. The molecule has 0 spiro atoms. The maximum atomic E-state index is 13.2. The van der Waals surface area contributed by atoms with E-state index >= 15 is 0 Å². The van der Waals surface area contributed by atoms with Crippen molar-refractivity contribution >= 4 is 5.91 Å². The summed E-state index contributed by atoms with van der Waals surface area (Å²) in [5, 5.41) is 3.09. The number of rotatable bonds is 7. The highest BCUT2D eigenvalue weighted by Gasteiger charge is 2.21. The normalized spacial score (nSPS) is 17.6. The zero-order valence-corrected chi connectivity index (χ0v) is 15.5. The fourth-order valence-electron chi connectivity index (χ4n) is 3.56. The first kappa shape index (κ1) is 19.5. The van der Waals surface area contributed by atoms with E-state index in [0.717, 1.165) is 51.0 Å². The summed E-state index contributed by atoms with van der Waals surface area (Å²) in [5.74, 6) is -1.76. The smallest absolute Gasteiger partial charge is 0.220 e. The number of nitrogens with one attached hydrogen (secondary N) is 1. The molecule has 1 amide bonds. The monoisotopic (exact) mass is 372 g/mol. The molecule has 0 unspecified atom stereocenters. The number of benzene rings is 2. The summed E-state index contributed by atoms with van der Waals surface area (Å²) in [5.41, 5.74) is 1.97. The van der Waals surface area contributed by atoms with Gasteiger partial charge in [-0.1, -0.05) is 36.4 Å². The van der Waals surface area contributed by atoms with Crippen LogP contribution < -0.4 is 5.32 Å². The summed E-state index contributed by atoms with van der Waals surface area (Å²) >= 11 is 0. The highest BCUT2D eigenvalue weighted by Crippen LogP contribution is 2.13. The van der Waals surface area contributed by atoms with Crippen LogP contribution >= 0.6 is 0 Å². The van der Waals surface area contributed by atoms with Crippen LogP contribution in [-0.4, -0.2) is 36.5 Å². The van der Waals surface area contributed by atoms with E-state index in [0.29, 0.717) is 12.0 Å². The molecule has 27 heavy (non-hydrogen) atoms. The molecule has 0 aromatic heterocycles. The summed E-state index contributed by atoms with van der Waals surface area (Å²) in [4.78, 5) is 14.6. The van der Waals surface area contributed by atoms with Crippen molar-refractivity contribution in [1.29, 1.82) is 0 Å². The quantitative estimate of drug-likeness (QED) is 0.803. The Kier molecular flexibility index (Phi) is 6.93. The average molecular weight is 372 g/mol. The number of carbonyl (C=O) groups is 1. The van der Waals surface area contributed by atoms with Crippen LogP contribution in [0.1, 0.15) is 30.4 Å². The standard InChI is InChI=1S/C22H26F2N2O/c23-20-10-8-18(15-21(20)24)9-11-22(27)25-19-7-4-13-26(16-19)14-12-17-5-2-1-3-6-17/h1-3,5-6,8,10,15,19H,4,7,9,11-14,16H2,(H,25,27)/t19-/m0/s1. The Hall–Kier alpha value is -2.27. The third-order valence-electron chi connectivity index (χ3n) is 5.05. The van der Waals surface area contributed by atoms with Crippen molar-refractivity contribution in [2.75, 3.05) is 19.6 Å². The lowest BCUT2D eigenvalue weighted by Gasteiger charge is -2.33. The van der Waals surface area contributed by atoms with E-state index in [1.165, 1.54) is 11.6 Å². The molecule has 0 saturated carbocycles. The van der Waals surface area contributed by atoms with Crippen LogP contribution in [0.25, 0.3) is 0 Å². The molecule has 0 bridgehead atoms. The Morgan fingerprint density at radius 3 is 2.63 bits per heavy atom. The van der Waals surface area contributed by atoms with Crippen LogP contribution in [-0.2, 0) is 17.6 Å². The molecule has 1 N–H and O–H groups in total. The summed E-state index contributed by atoms with van der Waals surface area (Å²) in [6, 6.07) is 14.4. The molecule has 1 fully saturated rings. The Morgan fingerprint density at radius 1 is 1.04 bits per heavy atom. The van der Waals surface area contributed by atoms with Gasteiger partial charge in [-0.2, -0.15) is 0 Å². The van der Waals surface area contributed by atoms with E-state index in [-0.39, 0.29) is 18.4 Å². The van der Waals surface area contributed by atoms with Gasteiger partial charge >= 0.3 is 0 Å². The molecular weight excluding hydrogens is 346 g/mol. The lowest BCUT2D eigenvalue weighted by molar-refractivity contribution is -0.122. The lowest BCUT2D eigenvalue weighted by atomic mass is 10.0. The first-order valence-electron chi connectivity index (χ1n) is 9.60. The number of piperidine rings is 1. The number of hydrogen-bond donors (Lipinski definition) is 1. The van der Waals surface area contributed by atoms with Crippen molar-refractivity contribution in [3.63, 3.8) is 0 Å². The van der Waals surface area contributed by atoms with E-state index in [2.05, 4.69) is 34.5 Å². The van der Waals surface area contributed by atoms with Gasteiger partial charge in [0.05, 0.1) is 0 Å². The van der Waals surface area contributed by atoms with Gasteiger partial charge in [0, 0.05) is 25.6 Å². The Labute approximate surface area is 159 Å². The number of amides is 1. The summed E-state index contributed by atoms with van der Waals surface area (Å²) < 4.78 is 26.2. The van der Waals surface area contributed by atoms with Crippen molar-refractivity contribution in [3.8, 4) is 0 Å². The molecule has 1 saturated heterocycles. The van der Waals surface area contributed by atoms with Crippen LogP contribution in [0.3, 0.4) is 0 Å². The van der Waals surface area contributed by atoms with Gasteiger partial charge in [0.1, 0.15) is 0 Å². The highest BCUT2D eigenvalue weighted by atomic mass is 19.2. The number of halogens is 2. The molecule has 1 aliphatic rings. The highest BCUT2D eigenvalue weighted by molar-refractivity contribution is 5.76. The number of nitrogens with zero attached hydrogens (tertiary/aromatic N) is 1. The minimum atomic E-state index is -0.866. The second-order valence-corrected chi connectivity index (χ2v) is 7.19. The second-order valence-electron chi connectivity index (χ2n) is 7.19. The molecule has 3 rings (SSSR count). The molecule has 5 heteroatoms. The Balaban J connectivity index is 1.41. The lowest BCUT2D eigenvalue weighted by Crippen LogP contribution is -2.48. The predicted octanol–water partition coefficient (Wildman–Crippen LogP) is 3.72. The van der Waals surface area contributed by atoms with Crippen LogP contribution in [0.4, 0.5) is 8.78 Å². The SMILES string of the molecule is O=C(CCc1ccc(F)c(F)c1)N[C@H]1CCCN(CCc2ccccc2)C1.